The molecule has 0 unspecified atom stereocenters. The third kappa shape index (κ3) is 2.13. The molecule has 3 rings (SSSR count). The van der Waals surface area contributed by atoms with Crippen molar-refractivity contribution in [1.82, 2.24) is 4.40 Å². The van der Waals surface area contributed by atoms with Crippen LogP contribution in [0.3, 0.4) is 0 Å². The van der Waals surface area contributed by atoms with Crippen molar-refractivity contribution in [3.05, 3.63) is 65.9 Å². The summed E-state index contributed by atoms with van der Waals surface area (Å²) in [6.45, 7) is 0. The number of hydrogen-bond donors (Lipinski definition) is 1. The van der Waals surface area contributed by atoms with E-state index in [1.54, 1.807) is 40.9 Å². The lowest BCUT2D eigenvalue weighted by atomic mass is 10.0. The van der Waals surface area contributed by atoms with Crippen LogP contribution in [0.2, 0.25) is 0 Å². The van der Waals surface area contributed by atoms with Crippen LogP contribution < -0.4 is 0 Å². The predicted octanol–water partition coefficient (Wildman–Crippen LogP) is 3.09. The summed E-state index contributed by atoms with van der Waals surface area (Å²) in [6.07, 6.45) is 1.79. The largest absolute Gasteiger partial charge is 0.478 e. The van der Waals surface area contributed by atoms with Crippen molar-refractivity contribution in [2.24, 2.45) is 0 Å². The summed E-state index contributed by atoms with van der Waals surface area (Å²) in [5.74, 6) is -1.47. The van der Waals surface area contributed by atoms with Gasteiger partial charge < -0.3 is 14.2 Å². The highest BCUT2D eigenvalue weighted by atomic mass is 16.5. The summed E-state index contributed by atoms with van der Waals surface area (Å²) < 4.78 is 6.59. The van der Waals surface area contributed by atoms with Crippen LogP contribution in [0.15, 0.2) is 54.7 Å². The molecule has 3 aromatic rings. The van der Waals surface area contributed by atoms with Crippen molar-refractivity contribution in [3.8, 4) is 11.3 Å². The Morgan fingerprint density at radius 2 is 1.77 bits per heavy atom. The van der Waals surface area contributed by atoms with E-state index in [-0.39, 0.29) is 5.56 Å². The Balaban J connectivity index is 2.33. The van der Waals surface area contributed by atoms with Gasteiger partial charge in [0, 0.05) is 11.8 Å². The Bertz CT molecular complexity index is 879. The zero-order valence-corrected chi connectivity index (χ0v) is 11.8. The lowest BCUT2D eigenvalue weighted by Crippen LogP contribution is -2.00. The fraction of sp³-hybridized carbons (Fsp3) is 0.0588. The Morgan fingerprint density at radius 1 is 1.05 bits per heavy atom. The molecule has 0 aliphatic rings. The first-order chi connectivity index (χ1) is 10.6. The highest BCUT2D eigenvalue weighted by Crippen LogP contribution is 2.29. The van der Waals surface area contributed by atoms with Gasteiger partial charge in [-0.25, -0.2) is 9.59 Å². The number of hydrogen-bond acceptors (Lipinski definition) is 3. The smallest absolute Gasteiger partial charge is 0.340 e. The standard InChI is InChI=1S/C17H13NO4/c1-22-17(21)13-10-15(18-9-5-4-8-14(13)18)11-6-2-3-7-12(11)16(19)20/h2-10H,1H3,(H,19,20). The van der Waals surface area contributed by atoms with E-state index in [2.05, 4.69) is 0 Å². The van der Waals surface area contributed by atoms with Gasteiger partial charge in [0.15, 0.2) is 0 Å². The fourth-order valence-corrected chi connectivity index (χ4v) is 2.53. The summed E-state index contributed by atoms with van der Waals surface area (Å²) in [4.78, 5) is 23.4. The number of carbonyl (C=O) groups is 2. The van der Waals surface area contributed by atoms with E-state index in [4.69, 9.17) is 4.74 Å². The number of carboxylic acids is 1. The van der Waals surface area contributed by atoms with Gasteiger partial charge in [0.1, 0.15) is 0 Å². The summed E-state index contributed by atoms with van der Waals surface area (Å²) >= 11 is 0. The molecule has 2 aromatic heterocycles. The molecule has 0 saturated carbocycles. The average molecular weight is 295 g/mol. The number of carbonyl (C=O) groups excluding carboxylic acids is 1. The van der Waals surface area contributed by atoms with Crippen LogP contribution in [0.1, 0.15) is 20.7 Å². The third-order valence-electron chi connectivity index (χ3n) is 3.52. The highest BCUT2D eigenvalue weighted by molar-refractivity contribution is 6.01. The molecule has 5 heteroatoms. The Kier molecular flexibility index (Phi) is 3.39. The van der Waals surface area contributed by atoms with Crippen LogP contribution >= 0.6 is 0 Å². The van der Waals surface area contributed by atoms with Crippen molar-refractivity contribution in [3.63, 3.8) is 0 Å². The number of aromatic carboxylic acids is 1. The molecule has 0 fully saturated rings. The van der Waals surface area contributed by atoms with Gasteiger partial charge >= 0.3 is 11.9 Å². The summed E-state index contributed by atoms with van der Waals surface area (Å²) in [5, 5.41) is 9.36. The van der Waals surface area contributed by atoms with Gasteiger partial charge in [-0.15, -0.1) is 0 Å². The van der Waals surface area contributed by atoms with E-state index in [1.807, 2.05) is 12.1 Å². The molecule has 0 radical (unpaired) electrons. The number of ether oxygens (including phenoxy) is 1. The predicted molar refractivity (Wildman–Crippen MR) is 81.1 cm³/mol. The zero-order valence-electron chi connectivity index (χ0n) is 11.8. The van der Waals surface area contributed by atoms with Gasteiger partial charge in [0.25, 0.3) is 0 Å². The quantitative estimate of drug-likeness (QED) is 0.754. The number of rotatable bonds is 3. The molecule has 0 aliphatic heterocycles. The molecule has 1 N–H and O–H groups in total. The van der Waals surface area contributed by atoms with Gasteiger partial charge in [-0.1, -0.05) is 24.3 Å². The van der Waals surface area contributed by atoms with Crippen molar-refractivity contribution in [2.45, 2.75) is 0 Å². The van der Waals surface area contributed by atoms with Crippen LogP contribution in [0.5, 0.6) is 0 Å². The number of nitrogens with zero attached hydrogens (tertiary/aromatic N) is 1. The molecule has 0 aliphatic carbocycles. The first-order valence-electron chi connectivity index (χ1n) is 6.64. The van der Waals surface area contributed by atoms with Gasteiger partial charge in [-0.3, -0.25) is 0 Å². The minimum absolute atomic E-state index is 0.183. The molecule has 110 valence electrons. The number of aromatic nitrogens is 1. The van der Waals surface area contributed by atoms with Crippen molar-refractivity contribution in [2.75, 3.05) is 7.11 Å². The van der Waals surface area contributed by atoms with Gasteiger partial charge in [-0.05, 0) is 24.3 Å². The van der Waals surface area contributed by atoms with E-state index in [9.17, 15) is 14.7 Å². The van der Waals surface area contributed by atoms with Crippen LogP contribution in [-0.2, 0) is 4.74 Å². The molecule has 0 saturated heterocycles. The molecule has 2 heterocycles. The zero-order chi connectivity index (χ0) is 15.7. The first-order valence-corrected chi connectivity index (χ1v) is 6.64. The second kappa shape index (κ2) is 5.37. The number of pyridine rings is 1. The second-order valence-electron chi connectivity index (χ2n) is 4.74. The average Bonchev–Trinajstić information content (AvgIpc) is 2.93. The lowest BCUT2D eigenvalue weighted by Gasteiger charge is -2.06. The lowest BCUT2D eigenvalue weighted by molar-refractivity contribution is 0.0602. The van der Waals surface area contributed by atoms with Crippen molar-refractivity contribution >= 4 is 17.5 Å². The second-order valence-corrected chi connectivity index (χ2v) is 4.74. The Hall–Kier alpha value is -3.08. The normalized spacial score (nSPS) is 10.6. The van der Waals surface area contributed by atoms with Gasteiger partial charge in [-0.2, -0.15) is 0 Å². The number of carboxylic acid groups (broad SMARTS) is 1. The minimum Gasteiger partial charge on any atom is -0.478 e. The number of esters is 1. The van der Waals surface area contributed by atoms with Crippen LogP contribution in [0.4, 0.5) is 0 Å². The van der Waals surface area contributed by atoms with Crippen LogP contribution in [-0.4, -0.2) is 28.6 Å². The van der Waals surface area contributed by atoms with Crippen molar-refractivity contribution in [1.29, 1.82) is 0 Å². The minimum atomic E-state index is -1.01. The van der Waals surface area contributed by atoms with E-state index < -0.39 is 11.9 Å². The molecule has 0 spiro atoms. The first kappa shape index (κ1) is 13.9. The number of benzene rings is 1. The van der Waals surface area contributed by atoms with E-state index in [0.717, 1.165) is 0 Å². The fourth-order valence-electron chi connectivity index (χ4n) is 2.53. The molecule has 1 aromatic carbocycles. The van der Waals surface area contributed by atoms with Gasteiger partial charge in [0.05, 0.1) is 29.4 Å². The molecule has 0 bridgehead atoms. The summed E-state index contributed by atoms with van der Waals surface area (Å²) in [5.41, 5.74) is 2.44. The molecule has 0 amide bonds. The van der Waals surface area contributed by atoms with Crippen molar-refractivity contribution < 1.29 is 19.4 Å². The molecule has 22 heavy (non-hydrogen) atoms. The maximum absolute atomic E-state index is 11.9. The Morgan fingerprint density at radius 3 is 2.50 bits per heavy atom. The SMILES string of the molecule is COC(=O)c1cc(-c2ccccc2C(=O)O)n2ccccc12. The Labute approximate surface area is 126 Å². The van der Waals surface area contributed by atoms with Crippen LogP contribution in [0.25, 0.3) is 16.8 Å². The molecule has 0 atom stereocenters. The van der Waals surface area contributed by atoms with Gasteiger partial charge in [0.2, 0.25) is 0 Å². The molecular formula is C17H13NO4. The number of methoxy groups -OCH3 is 1. The van der Waals surface area contributed by atoms with E-state index in [1.165, 1.54) is 13.2 Å². The maximum Gasteiger partial charge on any atom is 0.340 e. The van der Waals surface area contributed by atoms with Crippen LogP contribution in [0, 0.1) is 0 Å². The summed E-state index contributed by atoms with van der Waals surface area (Å²) in [7, 11) is 1.32. The topological polar surface area (TPSA) is 68.0 Å². The molecular weight excluding hydrogens is 282 g/mol. The maximum atomic E-state index is 11.9. The molecule has 5 nitrogen and oxygen atoms in total. The van der Waals surface area contributed by atoms with E-state index in [0.29, 0.717) is 22.3 Å². The number of fused-ring (bicyclic) bond motifs is 1. The monoisotopic (exact) mass is 295 g/mol. The summed E-state index contributed by atoms with van der Waals surface area (Å²) in [6, 6.07) is 13.8. The highest BCUT2D eigenvalue weighted by Gasteiger charge is 2.19. The van der Waals surface area contributed by atoms with E-state index >= 15 is 0 Å². The third-order valence-corrected chi connectivity index (χ3v) is 3.52.